The molecule has 1 N–H and O–H groups in total. The molecule has 1 aromatic carbocycles. The number of rotatable bonds is 5. The Morgan fingerprint density at radius 3 is 2.57 bits per heavy atom. The highest BCUT2D eigenvalue weighted by Crippen LogP contribution is 2.19. The smallest absolute Gasteiger partial charge is 0.263 e. The lowest BCUT2D eigenvalue weighted by molar-refractivity contribution is 0.397. The number of aromatic nitrogens is 2. The van der Waals surface area contributed by atoms with E-state index in [1.165, 1.54) is 49.8 Å². The minimum absolute atomic E-state index is 0.00456. The monoisotopic (exact) mass is 306 g/mol. The van der Waals surface area contributed by atoms with Crippen molar-refractivity contribution < 1.29 is 17.9 Å². The molecule has 1 aromatic heterocycles. The first-order chi connectivity index (χ1) is 10.0. The van der Waals surface area contributed by atoms with Crippen molar-refractivity contribution in [2.24, 2.45) is 4.99 Å². The van der Waals surface area contributed by atoms with E-state index >= 15 is 0 Å². The zero-order valence-electron chi connectivity index (χ0n) is 10.8. The van der Waals surface area contributed by atoms with Gasteiger partial charge in [0.25, 0.3) is 10.0 Å². The Balaban J connectivity index is 2.26. The second-order valence-electron chi connectivity index (χ2n) is 3.75. The summed E-state index contributed by atoms with van der Waals surface area (Å²) in [6.45, 7) is 0. The minimum atomic E-state index is -3.81. The number of hydrogen-bond acceptors (Lipinski definition) is 7. The van der Waals surface area contributed by atoms with Crippen LogP contribution in [0.25, 0.3) is 0 Å². The summed E-state index contributed by atoms with van der Waals surface area (Å²) in [4.78, 5) is 21.1. The van der Waals surface area contributed by atoms with Crippen molar-refractivity contribution in [2.75, 3.05) is 11.8 Å². The van der Waals surface area contributed by atoms with Crippen LogP contribution in [0.15, 0.2) is 46.5 Å². The number of isocyanates is 1. The molecule has 9 heteroatoms. The van der Waals surface area contributed by atoms with Gasteiger partial charge in [0.1, 0.15) is 12.1 Å². The third-order valence-electron chi connectivity index (χ3n) is 2.41. The Morgan fingerprint density at radius 2 is 1.95 bits per heavy atom. The van der Waals surface area contributed by atoms with Crippen molar-refractivity contribution >= 4 is 27.6 Å². The molecule has 0 bridgehead atoms. The first-order valence-electron chi connectivity index (χ1n) is 5.62. The Labute approximate surface area is 120 Å². The van der Waals surface area contributed by atoms with Gasteiger partial charge in [0, 0.05) is 6.07 Å². The molecular weight excluding hydrogens is 296 g/mol. The van der Waals surface area contributed by atoms with Gasteiger partial charge in [-0.1, -0.05) is 0 Å². The summed E-state index contributed by atoms with van der Waals surface area (Å²) in [5, 5.41) is 0. The fourth-order valence-corrected chi connectivity index (χ4v) is 2.46. The van der Waals surface area contributed by atoms with Gasteiger partial charge in [-0.2, -0.15) is 4.99 Å². The predicted molar refractivity (Wildman–Crippen MR) is 73.6 cm³/mol. The summed E-state index contributed by atoms with van der Waals surface area (Å²) in [6.07, 6.45) is 2.55. The summed E-state index contributed by atoms with van der Waals surface area (Å²) in [7, 11) is -2.40. The standard InChI is InChI=1S/C12H10N4O4S/c1-20-12-6-11(13-7-14-12)16-21(18,19)10-4-2-9(3-5-10)15-8-17/h2-7H,1H3,(H,13,14,16). The summed E-state index contributed by atoms with van der Waals surface area (Å²) >= 11 is 0. The minimum Gasteiger partial charge on any atom is -0.481 e. The lowest BCUT2D eigenvalue weighted by atomic mass is 10.3. The van der Waals surface area contributed by atoms with Crippen LogP contribution in [-0.4, -0.2) is 31.6 Å². The van der Waals surface area contributed by atoms with Crippen LogP contribution in [0.5, 0.6) is 5.88 Å². The van der Waals surface area contributed by atoms with Crippen molar-refractivity contribution in [3.05, 3.63) is 36.7 Å². The average Bonchev–Trinajstić information content (AvgIpc) is 2.48. The molecule has 0 amide bonds. The van der Waals surface area contributed by atoms with Crippen molar-refractivity contribution in [3.8, 4) is 5.88 Å². The molecule has 0 aliphatic rings. The SMILES string of the molecule is COc1cc(NS(=O)(=O)c2ccc(N=C=O)cc2)ncn1. The largest absolute Gasteiger partial charge is 0.481 e. The van der Waals surface area contributed by atoms with E-state index in [9.17, 15) is 13.2 Å². The van der Waals surface area contributed by atoms with Gasteiger partial charge < -0.3 is 4.74 Å². The molecule has 0 unspecified atom stereocenters. The van der Waals surface area contributed by atoms with Crippen molar-refractivity contribution in [2.45, 2.75) is 4.90 Å². The van der Waals surface area contributed by atoms with Crippen molar-refractivity contribution in [3.63, 3.8) is 0 Å². The molecule has 0 fully saturated rings. The maximum Gasteiger partial charge on any atom is 0.263 e. The van der Waals surface area contributed by atoms with Crippen LogP contribution in [0.1, 0.15) is 0 Å². The molecule has 0 saturated carbocycles. The van der Waals surface area contributed by atoms with E-state index in [1.807, 2.05) is 0 Å². The van der Waals surface area contributed by atoms with Gasteiger partial charge in [-0.15, -0.1) is 0 Å². The molecule has 0 aliphatic carbocycles. The second kappa shape index (κ2) is 6.12. The van der Waals surface area contributed by atoms with Crippen molar-refractivity contribution in [1.82, 2.24) is 9.97 Å². The predicted octanol–water partition coefficient (Wildman–Crippen LogP) is 1.25. The van der Waals surface area contributed by atoms with Gasteiger partial charge in [0.05, 0.1) is 17.7 Å². The lowest BCUT2D eigenvalue weighted by Crippen LogP contribution is -2.14. The molecule has 0 saturated heterocycles. The van der Waals surface area contributed by atoms with Gasteiger partial charge in [-0.25, -0.2) is 23.2 Å². The Kier molecular flexibility index (Phi) is 4.27. The Bertz CT molecular complexity index is 783. The number of sulfonamides is 1. The highest BCUT2D eigenvalue weighted by molar-refractivity contribution is 7.92. The van der Waals surface area contributed by atoms with Gasteiger partial charge in [-0.3, -0.25) is 4.72 Å². The maximum atomic E-state index is 12.2. The molecular formula is C12H10N4O4S. The van der Waals surface area contributed by atoms with E-state index in [1.54, 1.807) is 0 Å². The number of methoxy groups -OCH3 is 1. The highest BCUT2D eigenvalue weighted by atomic mass is 32.2. The topological polar surface area (TPSA) is 111 Å². The average molecular weight is 306 g/mol. The molecule has 0 radical (unpaired) electrons. The first-order valence-corrected chi connectivity index (χ1v) is 7.10. The number of ether oxygens (including phenoxy) is 1. The molecule has 0 atom stereocenters. The zero-order valence-corrected chi connectivity index (χ0v) is 11.7. The van der Waals surface area contributed by atoms with E-state index in [0.29, 0.717) is 5.69 Å². The summed E-state index contributed by atoms with van der Waals surface area (Å²) in [5.41, 5.74) is 0.313. The van der Waals surface area contributed by atoms with Crippen LogP contribution >= 0.6 is 0 Å². The third kappa shape index (κ3) is 3.62. The number of nitrogens with one attached hydrogen (secondary N) is 1. The summed E-state index contributed by atoms with van der Waals surface area (Å²) in [6, 6.07) is 6.76. The number of aliphatic imine (C=N–C) groups is 1. The Hall–Kier alpha value is -2.77. The molecule has 0 aliphatic heterocycles. The quantitative estimate of drug-likeness (QED) is 0.657. The molecule has 108 valence electrons. The van der Waals surface area contributed by atoms with Gasteiger partial charge >= 0.3 is 0 Å². The maximum absolute atomic E-state index is 12.2. The number of hydrogen-bond donors (Lipinski definition) is 1. The van der Waals surface area contributed by atoms with Crippen LogP contribution in [0.4, 0.5) is 11.5 Å². The third-order valence-corrected chi connectivity index (χ3v) is 3.78. The van der Waals surface area contributed by atoms with Gasteiger partial charge in [0.15, 0.2) is 0 Å². The van der Waals surface area contributed by atoms with Crippen LogP contribution in [0.2, 0.25) is 0 Å². The molecule has 2 rings (SSSR count). The molecule has 2 aromatic rings. The van der Waals surface area contributed by atoms with E-state index in [-0.39, 0.29) is 16.6 Å². The molecule has 1 heterocycles. The fraction of sp³-hybridized carbons (Fsp3) is 0.0833. The normalized spacial score (nSPS) is 10.5. The van der Waals surface area contributed by atoms with Crippen LogP contribution in [0, 0.1) is 0 Å². The number of nitrogens with zero attached hydrogens (tertiary/aromatic N) is 3. The second-order valence-corrected chi connectivity index (χ2v) is 5.43. The molecule has 8 nitrogen and oxygen atoms in total. The van der Waals surface area contributed by atoms with E-state index < -0.39 is 10.0 Å². The van der Waals surface area contributed by atoms with Crippen LogP contribution in [0.3, 0.4) is 0 Å². The van der Waals surface area contributed by atoms with Crippen LogP contribution in [-0.2, 0) is 14.8 Å². The summed E-state index contributed by atoms with van der Waals surface area (Å²) in [5.74, 6) is 0.315. The number of benzene rings is 1. The highest BCUT2D eigenvalue weighted by Gasteiger charge is 2.15. The van der Waals surface area contributed by atoms with Crippen molar-refractivity contribution in [1.29, 1.82) is 0 Å². The fourth-order valence-electron chi connectivity index (χ4n) is 1.46. The molecule has 21 heavy (non-hydrogen) atoms. The first kappa shape index (κ1) is 14.6. The van der Waals surface area contributed by atoms with E-state index in [4.69, 9.17) is 4.74 Å². The zero-order chi connectivity index (χ0) is 15.3. The van der Waals surface area contributed by atoms with E-state index in [0.717, 1.165) is 0 Å². The lowest BCUT2D eigenvalue weighted by Gasteiger charge is -2.07. The van der Waals surface area contributed by atoms with E-state index in [2.05, 4.69) is 19.7 Å². The molecule has 0 spiro atoms. The number of carbonyl (C=O) groups excluding carboxylic acids is 1. The number of anilines is 1. The Morgan fingerprint density at radius 1 is 1.24 bits per heavy atom. The summed E-state index contributed by atoms with van der Waals surface area (Å²) < 4.78 is 31.5. The van der Waals surface area contributed by atoms with Gasteiger partial charge in [0.2, 0.25) is 12.0 Å². The van der Waals surface area contributed by atoms with Gasteiger partial charge in [-0.05, 0) is 24.3 Å². The van der Waals surface area contributed by atoms with Crippen LogP contribution < -0.4 is 9.46 Å².